The summed E-state index contributed by atoms with van der Waals surface area (Å²) in [6.07, 6.45) is -1.55. The lowest BCUT2D eigenvalue weighted by molar-refractivity contribution is -0.152. The Balaban J connectivity index is 2.18. The van der Waals surface area contributed by atoms with Crippen molar-refractivity contribution in [1.82, 2.24) is 0 Å². The number of hydrogen-bond acceptors (Lipinski definition) is 6. The molecule has 2 unspecified atom stereocenters. The highest BCUT2D eigenvalue weighted by Crippen LogP contribution is 2.17. The van der Waals surface area contributed by atoms with Gasteiger partial charge < -0.3 is 19.3 Å². The van der Waals surface area contributed by atoms with Crippen molar-refractivity contribution in [2.24, 2.45) is 0 Å². The van der Waals surface area contributed by atoms with Gasteiger partial charge >= 0.3 is 11.9 Å². The van der Waals surface area contributed by atoms with E-state index in [-0.39, 0.29) is 19.4 Å². The van der Waals surface area contributed by atoms with E-state index in [4.69, 9.17) is 19.3 Å². The average Bonchev–Trinajstić information content (AvgIpc) is 2.46. The van der Waals surface area contributed by atoms with Crippen molar-refractivity contribution in [3.05, 3.63) is 0 Å². The van der Waals surface area contributed by atoms with Crippen LogP contribution in [-0.2, 0) is 23.8 Å². The second-order valence-corrected chi connectivity index (χ2v) is 3.23. The summed E-state index contributed by atoms with van der Waals surface area (Å²) in [4.78, 5) is 21.9. The zero-order chi connectivity index (χ0) is 11.3. The topological polar surface area (TPSA) is 82.1 Å². The Labute approximate surface area is 87.1 Å². The zero-order valence-electron chi connectivity index (χ0n) is 8.47. The molecule has 1 rings (SSSR count). The molecule has 0 bridgehead atoms. The molecular weight excluding hydrogens is 204 g/mol. The number of rotatable bonds is 5. The predicted octanol–water partition coefficient (Wildman–Crippen LogP) is -0.758. The van der Waals surface area contributed by atoms with Crippen LogP contribution >= 0.6 is 0 Å². The van der Waals surface area contributed by atoms with E-state index in [2.05, 4.69) is 0 Å². The molecule has 0 saturated carbocycles. The summed E-state index contributed by atoms with van der Waals surface area (Å²) in [6, 6.07) is 0. The van der Waals surface area contributed by atoms with E-state index in [1.807, 2.05) is 0 Å². The van der Waals surface area contributed by atoms with Crippen molar-refractivity contribution in [3.8, 4) is 0 Å². The Bertz CT molecular complexity index is 239. The van der Waals surface area contributed by atoms with Gasteiger partial charge in [0.2, 0.25) is 0 Å². The summed E-state index contributed by atoms with van der Waals surface area (Å²) in [7, 11) is 1.50. The molecule has 1 aliphatic heterocycles. The molecule has 15 heavy (non-hydrogen) atoms. The maximum absolute atomic E-state index is 11.1. The van der Waals surface area contributed by atoms with E-state index < -0.39 is 24.1 Å². The Kier molecular flexibility index (Phi) is 4.51. The summed E-state index contributed by atoms with van der Waals surface area (Å²) in [5, 5.41) is 9.05. The van der Waals surface area contributed by atoms with Crippen LogP contribution in [-0.4, -0.2) is 49.6 Å². The minimum Gasteiger partial charge on any atom is -0.463 e. The molecule has 86 valence electrons. The number of carbonyl (C=O) groups is 2. The van der Waals surface area contributed by atoms with Crippen molar-refractivity contribution >= 4 is 11.9 Å². The first-order valence-corrected chi connectivity index (χ1v) is 4.66. The molecule has 6 nitrogen and oxygen atoms in total. The third-order valence-corrected chi connectivity index (χ3v) is 1.99. The van der Waals surface area contributed by atoms with E-state index in [0.29, 0.717) is 6.61 Å². The quantitative estimate of drug-likeness (QED) is 0.482. The molecule has 1 heterocycles. The van der Waals surface area contributed by atoms with Gasteiger partial charge in [-0.05, 0) is 0 Å². The van der Waals surface area contributed by atoms with Crippen LogP contribution in [0.5, 0.6) is 0 Å². The molecule has 1 saturated heterocycles. The van der Waals surface area contributed by atoms with E-state index >= 15 is 0 Å². The number of hydrogen-bond donors (Lipinski definition) is 1. The van der Waals surface area contributed by atoms with Crippen LogP contribution < -0.4 is 0 Å². The van der Waals surface area contributed by atoms with Crippen LogP contribution in [0.1, 0.15) is 12.8 Å². The number of ether oxygens (including phenoxy) is 3. The first kappa shape index (κ1) is 11.9. The summed E-state index contributed by atoms with van der Waals surface area (Å²) >= 11 is 0. The van der Waals surface area contributed by atoms with Gasteiger partial charge in [-0.3, -0.25) is 4.79 Å². The monoisotopic (exact) mass is 218 g/mol. The van der Waals surface area contributed by atoms with Crippen molar-refractivity contribution in [2.75, 3.05) is 20.3 Å². The lowest BCUT2D eigenvalue weighted by Gasteiger charge is -2.08. The normalized spacial score (nSPS) is 25.1. The van der Waals surface area contributed by atoms with Crippen LogP contribution in [0.2, 0.25) is 0 Å². The van der Waals surface area contributed by atoms with Gasteiger partial charge in [0.05, 0.1) is 13.0 Å². The zero-order valence-corrected chi connectivity index (χ0v) is 8.47. The number of esters is 2. The molecular formula is C9H14O6. The van der Waals surface area contributed by atoms with E-state index in [1.54, 1.807) is 0 Å². The second-order valence-electron chi connectivity index (χ2n) is 3.23. The number of methoxy groups -OCH3 is 1. The SMILES string of the molecule is COCCOC(=O)CC1CC(O)C(=O)O1. The number of aliphatic hydroxyl groups is 1. The fraction of sp³-hybridized carbons (Fsp3) is 0.778. The largest absolute Gasteiger partial charge is 0.463 e. The van der Waals surface area contributed by atoms with Crippen LogP contribution in [0, 0.1) is 0 Å². The maximum Gasteiger partial charge on any atom is 0.335 e. The molecule has 0 aromatic rings. The minimum absolute atomic E-state index is 0.0213. The van der Waals surface area contributed by atoms with Gasteiger partial charge in [0.1, 0.15) is 12.7 Å². The highest BCUT2D eigenvalue weighted by Gasteiger charge is 2.34. The molecule has 2 atom stereocenters. The van der Waals surface area contributed by atoms with Gasteiger partial charge in [0.25, 0.3) is 0 Å². The lowest BCUT2D eigenvalue weighted by Crippen LogP contribution is -2.17. The van der Waals surface area contributed by atoms with Gasteiger partial charge in [-0.25, -0.2) is 4.79 Å². The average molecular weight is 218 g/mol. The summed E-state index contributed by atoms with van der Waals surface area (Å²) in [6.45, 7) is 0.511. The highest BCUT2D eigenvalue weighted by atomic mass is 16.6. The van der Waals surface area contributed by atoms with Gasteiger partial charge in [0, 0.05) is 13.5 Å². The smallest absolute Gasteiger partial charge is 0.335 e. The van der Waals surface area contributed by atoms with Crippen LogP contribution in [0.3, 0.4) is 0 Å². The summed E-state index contributed by atoms with van der Waals surface area (Å²) in [5.74, 6) is -1.14. The standard InChI is InChI=1S/C9H14O6/c1-13-2-3-14-8(11)5-6-4-7(10)9(12)15-6/h6-7,10H,2-5H2,1H3. The highest BCUT2D eigenvalue weighted by molar-refractivity contribution is 5.78. The Morgan fingerprint density at radius 3 is 2.87 bits per heavy atom. The molecule has 6 heteroatoms. The number of cyclic esters (lactones) is 1. The third-order valence-electron chi connectivity index (χ3n) is 1.99. The molecule has 0 aromatic carbocycles. The molecule has 1 fully saturated rings. The summed E-state index contributed by atoms with van der Waals surface area (Å²) in [5.41, 5.74) is 0. The lowest BCUT2D eigenvalue weighted by atomic mass is 10.1. The molecule has 0 radical (unpaired) electrons. The van der Waals surface area contributed by atoms with Gasteiger partial charge in [-0.2, -0.15) is 0 Å². The van der Waals surface area contributed by atoms with Gasteiger partial charge in [0.15, 0.2) is 6.10 Å². The van der Waals surface area contributed by atoms with Crippen molar-refractivity contribution in [2.45, 2.75) is 25.0 Å². The van der Waals surface area contributed by atoms with Crippen LogP contribution in [0.4, 0.5) is 0 Å². The summed E-state index contributed by atoms with van der Waals surface area (Å²) < 4.78 is 14.2. The minimum atomic E-state index is -1.11. The molecule has 0 aromatic heterocycles. The van der Waals surface area contributed by atoms with Gasteiger partial charge in [-0.15, -0.1) is 0 Å². The van der Waals surface area contributed by atoms with Crippen molar-refractivity contribution in [1.29, 1.82) is 0 Å². The van der Waals surface area contributed by atoms with Gasteiger partial charge in [-0.1, -0.05) is 0 Å². The maximum atomic E-state index is 11.1. The Hall–Kier alpha value is -1.14. The Morgan fingerprint density at radius 1 is 1.60 bits per heavy atom. The fourth-order valence-electron chi connectivity index (χ4n) is 1.24. The molecule has 1 aliphatic rings. The first-order valence-electron chi connectivity index (χ1n) is 4.66. The van der Waals surface area contributed by atoms with Crippen molar-refractivity contribution in [3.63, 3.8) is 0 Å². The van der Waals surface area contributed by atoms with E-state index in [1.165, 1.54) is 7.11 Å². The number of carbonyl (C=O) groups excluding carboxylic acids is 2. The van der Waals surface area contributed by atoms with Crippen LogP contribution in [0.15, 0.2) is 0 Å². The first-order chi connectivity index (χ1) is 7.13. The molecule has 0 aliphatic carbocycles. The predicted molar refractivity (Wildman–Crippen MR) is 48.0 cm³/mol. The molecule has 0 spiro atoms. The molecule has 1 N–H and O–H groups in total. The fourth-order valence-corrected chi connectivity index (χ4v) is 1.24. The Morgan fingerprint density at radius 2 is 2.33 bits per heavy atom. The third kappa shape index (κ3) is 3.85. The van der Waals surface area contributed by atoms with E-state index in [0.717, 1.165) is 0 Å². The van der Waals surface area contributed by atoms with E-state index in [9.17, 15) is 9.59 Å². The second kappa shape index (κ2) is 5.67. The number of aliphatic hydroxyl groups excluding tert-OH is 1. The molecule has 0 amide bonds. The van der Waals surface area contributed by atoms with Crippen molar-refractivity contribution < 1.29 is 28.9 Å². The van der Waals surface area contributed by atoms with Crippen LogP contribution in [0.25, 0.3) is 0 Å².